The van der Waals surface area contributed by atoms with Crippen molar-refractivity contribution in [3.8, 4) is 6.07 Å². The van der Waals surface area contributed by atoms with E-state index in [0.717, 1.165) is 30.8 Å². The minimum absolute atomic E-state index is 0.515. The molecule has 1 saturated heterocycles. The molecule has 0 spiro atoms. The summed E-state index contributed by atoms with van der Waals surface area (Å²) in [6, 6.07) is 12.7. The van der Waals surface area contributed by atoms with Crippen molar-refractivity contribution in [1.82, 2.24) is 14.7 Å². The molecule has 0 bridgehead atoms. The molecule has 20 heavy (non-hydrogen) atoms. The molecule has 0 saturated carbocycles. The summed E-state index contributed by atoms with van der Waals surface area (Å²) in [6.07, 6.45) is 6.26. The molecule has 1 fully saturated rings. The van der Waals surface area contributed by atoms with Crippen molar-refractivity contribution in [2.24, 2.45) is 0 Å². The fraction of sp³-hybridized carbons (Fsp3) is 0.375. The van der Waals surface area contributed by atoms with Crippen LogP contribution in [0.1, 0.15) is 24.0 Å². The minimum atomic E-state index is 0.515. The monoisotopic (exact) mass is 266 g/mol. The van der Waals surface area contributed by atoms with Crippen LogP contribution in [0.5, 0.6) is 0 Å². The summed E-state index contributed by atoms with van der Waals surface area (Å²) in [7, 11) is 0. The molecule has 4 heteroatoms. The van der Waals surface area contributed by atoms with E-state index in [1.165, 1.54) is 12.8 Å². The van der Waals surface area contributed by atoms with Gasteiger partial charge in [-0.3, -0.25) is 9.58 Å². The number of nitrogens with zero attached hydrogens (tertiary/aromatic N) is 4. The highest BCUT2D eigenvalue weighted by molar-refractivity contribution is 5.37. The second-order valence-corrected chi connectivity index (χ2v) is 5.26. The first kappa shape index (κ1) is 12.9. The smallest absolute Gasteiger partial charge is 0.0995 e. The van der Waals surface area contributed by atoms with Crippen LogP contribution in [-0.4, -0.2) is 27.3 Å². The van der Waals surface area contributed by atoms with Gasteiger partial charge in [0.1, 0.15) is 0 Å². The van der Waals surface area contributed by atoms with Gasteiger partial charge in [0, 0.05) is 25.0 Å². The summed E-state index contributed by atoms with van der Waals surface area (Å²) >= 11 is 0. The van der Waals surface area contributed by atoms with Crippen LogP contribution in [0, 0.1) is 11.3 Å². The average molecular weight is 266 g/mol. The normalized spacial score (nSPS) is 19.1. The first-order valence-electron chi connectivity index (χ1n) is 7.06. The van der Waals surface area contributed by atoms with Crippen LogP contribution in [0.2, 0.25) is 0 Å². The van der Waals surface area contributed by atoms with Crippen LogP contribution in [0.15, 0.2) is 42.7 Å². The van der Waals surface area contributed by atoms with E-state index in [-0.39, 0.29) is 0 Å². The molecule has 3 rings (SSSR count). The number of hydrogen-bond acceptors (Lipinski definition) is 3. The number of benzene rings is 1. The first-order chi connectivity index (χ1) is 9.86. The maximum absolute atomic E-state index is 9.18. The summed E-state index contributed by atoms with van der Waals surface area (Å²) in [5.41, 5.74) is 1.92. The van der Waals surface area contributed by atoms with E-state index in [1.54, 1.807) is 0 Å². The summed E-state index contributed by atoms with van der Waals surface area (Å²) in [6.45, 7) is 2.89. The second-order valence-electron chi connectivity index (χ2n) is 5.26. The number of aromatic nitrogens is 2. The molecule has 1 atom stereocenters. The zero-order valence-corrected chi connectivity index (χ0v) is 11.4. The summed E-state index contributed by atoms with van der Waals surface area (Å²) in [4.78, 5) is 2.47. The van der Waals surface area contributed by atoms with Crippen molar-refractivity contribution < 1.29 is 0 Å². The Labute approximate surface area is 119 Å². The molecule has 4 nitrogen and oxygen atoms in total. The standard InChI is InChI=1S/C16H18N4/c17-11-14-5-1-2-6-15(14)12-19-9-3-7-16(19)13-20-10-4-8-18-20/h1-2,4-6,8,10,16H,3,7,9,12-13H2. The average Bonchev–Trinajstić information content (AvgIpc) is 3.13. The van der Waals surface area contributed by atoms with Gasteiger partial charge in [-0.1, -0.05) is 18.2 Å². The number of hydrogen-bond donors (Lipinski definition) is 0. The molecule has 2 heterocycles. The van der Waals surface area contributed by atoms with Crippen molar-refractivity contribution in [2.45, 2.75) is 32.0 Å². The van der Waals surface area contributed by atoms with E-state index in [9.17, 15) is 5.26 Å². The van der Waals surface area contributed by atoms with Gasteiger partial charge in [-0.2, -0.15) is 10.4 Å². The molecule has 0 radical (unpaired) electrons. The second kappa shape index (κ2) is 5.89. The Morgan fingerprint density at radius 2 is 2.20 bits per heavy atom. The van der Waals surface area contributed by atoms with E-state index in [1.807, 2.05) is 41.3 Å². The number of likely N-dealkylation sites (tertiary alicyclic amines) is 1. The van der Waals surface area contributed by atoms with Crippen molar-refractivity contribution in [3.05, 3.63) is 53.9 Å². The predicted molar refractivity (Wildman–Crippen MR) is 76.8 cm³/mol. The molecule has 1 aliphatic rings. The molecule has 2 aromatic rings. The molecule has 0 aliphatic carbocycles. The Balaban J connectivity index is 1.71. The molecular formula is C16H18N4. The first-order valence-corrected chi connectivity index (χ1v) is 7.06. The molecule has 1 unspecified atom stereocenters. The zero-order chi connectivity index (χ0) is 13.8. The van der Waals surface area contributed by atoms with Gasteiger partial charge in [0.25, 0.3) is 0 Å². The number of rotatable bonds is 4. The fourth-order valence-electron chi connectivity index (χ4n) is 2.92. The van der Waals surface area contributed by atoms with Crippen LogP contribution >= 0.6 is 0 Å². The summed E-state index contributed by atoms with van der Waals surface area (Å²) in [5.74, 6) is 0. The molecular weight excluding hydrogens is 248 g/mol. The quantitative estimate of drug-likeness (QED) is 0.853. The maximum Gasteiger partial charge on any atom is 0.0995 e. The van der Waals surface area contributed by atoms with E-state index in [2.05, 4.69) is 22.1 Å². The topological polar surface area (TPSA) is 44.9 Å². The van der Waals surface area contributed by atoms with Gasteiger partial charge in [0.05, 0.1) is 18.2 Å². The zero-order valence-electron chi connectivity index (χ0n) is 11.4. The van der Waals surface area contributed by atoms with E-state index in [0.29, 0.717) is 6.04 Å². The predicted octanol–water partition coefficient (Wildman–Crippen LogP) is 2.42. The largest absolute Gasteiger partial charge is 0.294 e. The van der Waals surface area contributed by atoms with Gasteiger partial charge in [0.15, 0.2) is 0 Å². The highest BCUT2D eigenvalue weighted by Gasteiger charge is 2.25. The lowest BCUT2D eigenvalue weighted by Gasteiger charge is -2.24. The lowest BCUT2D eigenvalue weighted by Crippen LogP contribution is -2.32. The molecule has 1 aromatic heterocycles. The van der Waals surface area contributed by atoms with Crippen molar-refractivity contribution in [1.29, 1.82) is 5.26 Å². The Kier molecular flexibility index (Phi) is 3.80. The Hall–Kier alpha value is -2.12. The lowest BCUT2D eigenvalue weighted by molar-refractivity contribution is 0.219. The molecule has 102 valence electrons. The number of nitriles is 1. The SMILES string of the molecule is N#Cc1ccccc1CN1CCCC1Cn1cccn1. The van der Waals surface area contributed by atoms with Crippen LogP contribution in [-0.2, 0) is 13.1 Å². The Bertz CT molecular complexity index is 597. The van der Waals surface area contributed by atoms with Gasteiger partial charge in [-0.15, -0.1) is 0 Å². The van der Waals surface area contributed by atoms with Crippen LogP contribution < -0.4 is 0 Å². The fourth-order valence-corrected chi connectivity index (χ4v) is 2.92. The molecule has 1 aromatic carbocycles. The Morgan fingerprint density at radius 1 is 1.30 bits per heavy atom. The maximum atomic E-state index is 9.18. The highest BCUT2D eigenvalue weighted by atomic mass is 15.3. The third-order valence-electron chi connectivity index (χ3n) is 3.97. The van der Waals surface area contributed by atoms with Gasteiger partial charge in [-0.05, 0) is 37.1 Å². The lowest BCUT2D eigenvalue weighted by atomic mass is 10.1. The third kappa shape index (κ3) is 2.73. The van der Waals surface area contributed by atoms with Crippen molar-refractivity contribution >= 4 is 0 Å². The van der Waals surface area contributed by atoms with Crippen LogP contribution in [0.25, 0.3) is 0 Å². The molecule has 0 amide bonds. The molecule has 1 aliphatic heterocycles. The van der Waals surface area contributed by atoms with Crippen molar-refractivity contribution in [2.75, 3.05) is 6.54 Å². The van der Waals surface area contributed by atoms with Crippen molar-refractivity contribution in [3.63, 3.8) is 0 Å². The van der Waals surface area contributed by atoms with E-state index in [4.69, 9.17) is 0 Å². The van der Waals surface area contributed by atoms with Crippen LogP contribution in [0.4, 0.5) is 0 Å². The van der Waals surface area contributed by atoms with Gasteiger partial charge in [-0.25, -0.2) is 0 Å². The molecule has 0 N–H and O–H groups in total. The van der Waals surface area contributed by atoms with Gasteiger partial charge >= 0.3 is 0 Å². The van der Waals surface area contributed by atoms with Crippen LogP contribution in [0.3, 0.4) is 0 Å². The Morgan fingerprint density at radius 3 is 3.00 bits per heavy atom. The van der Waals surface area contributed by atoms with Gasteiger partial charge in [0.2, 0.25) is 0 Å². The third-order valence-corrected chi connectivity index (χ3v) is 3.97. The van der Waals surface area contributed by atoms with E-state index < -0.39 is 0 Å². The summed E-state index contributed by atoms with van der Waals surface area (Å²) in [5, 5.41) is 13.5. The highest BCUT2D eigenvalue weighted by Crippen LogP contribution is 2.22. The van der Waals surface area contributed by atoms with E-state index >= 15 is 0 Å². The van der Waals surface area contributed by atoms with Gasteiger partial charge < -0.3 is 0 Å². The minimum Gasteiger partial charge on any atom is -0.294 e. The summed E-state index contributed by atoms with van der Waals surface area (Å²) < 4.78 is 2.00.